The molecule has 6 nitrogen and oxygen atoms in total. The molecule has 0 spiro atoms. The number of nitrogens with zero attached hydrogens (tertiary/aromatic N) is 2. The number of aromatic nitrogens is 2. The first-order valence-electron chi connectivity index (χ1n) is 9.94. The van der Waals surface area contributed by atoms with Crippen molar-refractivity contribution < 1.29 is 14.3 Å². The van der Waals surface area contributed by atoms with Gasteiger partial charge < -0.3 is 14.8 Å². The Hall–Kier alpha value is -2.63. The van der Waals surface area contributed by atoms with Crippen molar-refractivity contribution in [1.82, 2.24) is 15.3 Å². The van der Waals surface area contributed by atoms with Crippen LogP contribution in [0.15, 0.2) is 36.8 Å². The van der Waals surface area contributed by atoms with Gasteiger partial charge in [-0.25, -0.2) is 4.98 Å². The van der Waals surface area contributed by atoms with Crippen LogP contribution in [0.5, 0.6) is 11.6 Å². The molecule has 0 unspecified atom stereocenters. The van der Waals surface area contributed by atoms with E-state index in [2.05, 4.69) is 28.3 Å². The van der Waals surface area contributed by atoms with Gasteiger partial charge in [0.2, 0.25) is 5.88 Å². The highest BCUT2D eigenvalue weighted by Crippen LogP contribution is 2.38. The molecule has 1 atom stereocenters. The minimum absolute atomic E-state index is 0.0684. The molecule has 2 heterocycles. The summed E-state index contributed by atoms with van der Waals surface area (Å²) in [7, 11) is 3.23. The summed E-state index contributed by atoms with van der Waals surface area (Å²) >= 11 is 0. The van der Waals surface area contributed by atoms with Crippen LogP contribution in [0.2, 0.25) is 0 Å². The van der Waals surface area contributed by atoms with Gasteiger partial charge in [-0.1, -0.05) is 6.92 Å². The maximum atomic E-state index is 12.6. The SMILES string of the molecule is CC[C@@H](NC(=O)c1ccc(OC)nc1)[C@H]1CC[C@@H](c2cncc(OC)c2)CC1. The summed E-state index contributed by atoms with van der Waals surface area (Å²) in [5.41, 5.74) is 1.81. The molecule has 0 bridgehead atoms. The summed E-state index contributed by atoms with van der Waals surface area (Å²) < 4.78 is 10.4. The number of hydrogen-bond acceptors (Lipinski definition) is 5. The molecule has 1 aliphatic rings. The topological polar surface area (TPSA) is 73.3 Å². The zero-order chi connectivity index (χ0) is 19.9. The minimum atomic E-state index is -0.0684. The van der Waals surface area contributed by atoms with Gasteiger partial charge in [0.15, 0.2) is 0 Å². The van der Waals surface area contributed by atoms with Crippen molar-refractivity contribution in [2.45, 2.75) is 51.0 Å². The molecule has 28 heavy (non-hydrogen) atoms. The molecule has 0 aliphatic heterocycles. The number of nitrogens with one attached hydrogen (secondary N) is 1. The predicted octanol–water partition coefficient (Wildman–Crippen LogP) is 3.98. The first-order chi connectivity index (χ1) is 13.6. The molecule has 1 fully saturated rings. The van der Waals surface area contributed by atoms with Gasteiger partial charge in [-0.05, 0) is 61.6 Å². The lowest BCUT2D eigenvalue weighted by atomic mass is 9.75. The zero-order valence-corrected chi connectivity index (χ0v) is 16.9. The highest BCUT2D eigenvalue weighted by Gasteiger charge is 2.29. The highest BCUT2D eigenvalue weighted by molar-refractivity contribution is 5.94. The van der Waals surface area contributed by atoms with Crippen LogP contribution in [-0.2, 0) is 0 Å². The third-order valence-corrected chi connectivity index (χ3v) is 5.75. The van der Waals surface area contributed by atoms with Gasteiger partial charge in [0.25, 0.3) is 5.91 Å². The standard InChI is InChI=1S/C22H29N3O3/c1-4-20(25-22(26)17-9-10-21(28-3)24-13-17)16-7-5-15(6-8-16)18-11-19(27-2)14-23-12-18/h9-16,20H,4-8H2,1-3H3,(H,25,26)/t15-,16+,20-/m1/s1. The second kappa shape index (κ2) is 9.53. The van der Waals surface area contributed by atoms with E-state index in [0.29, 0.717) is 23.3 Å². The molecule has 1 amide bonds. The van der Waals surface area contributed by atoms with Gasteiger partial charge in [-0.2, -0.15) is 0 Å². The predicted molar refractivity (Wildman–Crippen MR) is 108 cm³/mol. The summed E-state index contributed by atoms with van der Waals surface area (Å²) in [5, 5.41) is 3.21. The lowest BCUT2D eigenvalue weighted by Gasteiger charge is -2.34. The molecule has 3 rings (SSSR count). The van der Waals surface area contributed by atoms with Gasteiger partial charge in [0.05, 0.1) is 26.0 Å². The van der Waals surface area contributed by atoms with Crippen molar-refractivity contribution in [3.8, 4) is 11.6 Å². The first-order valence-corrected chi connectivity index (χ1v) is 9.94. The summed E-state index contributed by atoms with van der Waals surface area (Å²) in [5.74, 6) is 2.26. The third kappa shape index (κ3) is 4.80. The van der Waals surface area contributed by atoms with E-state index < -0.39 is 0 Å². The number of pyridine rings is 2. The van der Waals surface area contributed by atoms with Gasteiger partial charge >= 0.3 is 0 Å². The van der Waals surface area contributed by atoms with E-state index in [1.165, 1.54) is 5.56 Å². The van der Waals surface area contributed by atoms with Gasteiger partial charge in [0, 0.05) is 24.5 Å². The van der Waals surface area contributed by atoms with Crippen LogP contribution in [-0.4, -0.2) is 36.1 Å². The van der Waals surface area contributed by atoms with E-state index in [0.717, 1.165) is 37.9 Å². The summed E-state index contributed by atoms with van der Waals surface area (Å²) in [6.45, 7) is 2.13. The Kier molecular flexibility index (Phi) is 6.85. The number of rotatable bonds is 7. The van der Waals surface area contributed by atoms with E-state index in [1.807, 2.05) is 6.20 Å². The van der Waals surface area contributed by atoms with Crippen molar-refractivity contribution >= 4 is 5.91 Å². The first kappa shape index (κ1) is 20.1. The fourth-order valence-electron chi connectivity index (χ4n) is 4.07. The molecule has 2 aromatic heterocycles. The molecule has 0 saturated heterocycles. The number of hydrogen-bond donors (Lipinski definition) is 1. The Labute approximate surface area is 166 Å². The van der Waals surface area contributed by atoms with Crippen molar-refractivity contribution in [3.05, 3.63) is 47.9 Å². The lowest BCUT2D eigenvalue weighted by Crippen LogP contribution is -2.41. The molecule has 6 heteroatoms. The fraction of sp³-hybridized carbons (Fsp3) is 0.500. The van der Waals surface area contributed by atoms with Crippen LogP contribution in [0.4, 0.5) is 0 Å². The van der Waals surface area contributed by atoms with Crippen LogP contribution >= 0.6 is 0 Å². The fourth-order valence-corrected chi connectivity index (χ4v) is 4.07. The average molecular weight is 383 g/mol. The lowest BCUT2D eigenvalue weighted by molar-refractivity contribution is 0.0909. The molecule has 1 N–H and O–H groups in total. The average Bonchev–Trinajstić information content (AvgIpc) is 2.77. The number of carbonyl (C=O) groups excluding carboxylic acids is 1. The largest absolute Gasteiger partial charge is 0.495 e. The van der Waals surface area contributed by atoms with E-state index in [4.69, 9.17) is 9.47 Å². The number of ether oxygens (including phenoxy) is 2. The van der Waals surface area contributed by atoms with Crippen LogP contribution < -0.4 is 14.8 Å². The molecule has 0 radical (unpaired) electrons. The second-order valence-corrected chi connectivity index (χ2v) is 7.35. The Balaban J connectivity index is 1.57. The molecular formula is C22H29N3O3. The number of methoxy groups -OCH3 is 2. The molecule has 0 aromatic carbocycles. The Morgan fingerprint density at radius 2 is 1.93 bits per heavy atom. The molecule has 1 saturated carbocycles. The van der Waals surface area contributed by atoms with E-state index in [9.17, 15) is 4.79 Å². The van der Waals surface area contributed by atoms with E-state index >= 15 is 0 Å². The Bertz CT molecular complexity index is 771. The van der Waals surface area contributed by atoms with Crippen LogP contribution in [0.3, 0.4) is 0 Å². The van der Waals surface area contributed by atoms with Gasteiger partial charge in [0.1, 0.15) is 5.75 Å². The third-order valence-electron chi connectivity index (χ3n) is 5.75. The monoisotopic (exact) mass is 383 g/mol. The highest BCUT2D eigenvalue weighted by atomic mass is 16.5. The van der Waals surface area contributed by atoms with Crippen LogP contribution in [0, 0.1) is 5.92 Å². The smallest absolute Gasteiger partial charge is 0.253 e. The van der Waals surface area contributed by atoms with Crippen LogP contribution in [0.1, 0.15) is 60.9 Å². The van der Waals surface area contributed by atoms with E-state index in [1.54, 1.807) is 38.7 Å². The van der Waals surface area contributed by atoms with Gasteiger partial charge in [-0.3, -0.25) is 9.78 Å². The number of amides is 1. The second-order valence-electron chi connectivity index (χ2n) is 7.35. The van der Waals surface area contributed by atoms with Crippen molar-refractivity contribution in [3.63, 3.8) is 0 Å². The van der Waals surface area contributed by atoms with Gasteiger partial charge in [-0.15, -0.1) is 0 Å². The quantitative estimate of drug-likeness (QED) is 0.783. The van der Waals surface area contributed by atoms with Crippen molar-refractivity contribution in [1.29, 1.82) is 0 Å². The summed E-state index contributed by atoms with van der Waals surface area (Å²) in [6, 6.07) is 5.73. The molecular weight excluding hydrogens is 354 g/mol. The molecule has 2 aromatic rings. The van der Waals surface area contributed by atoms with Crippen LogP contribution in [0.25, 0.3) is 0 Å². The maximum Gasteiger partial charge on any atom is 0.253 e. The molecule has 1 aliphatic carbocycles. The Morgan fingerprint density at radius 1 is 1.14 bits per heavy atom. The number of carbonyl (C=O) groups is 1. The van der Waals surface area contributed by atoms with Crippen molar-refractivity contribution in [2.75, 3.05) is 14.2 Å². The maximum absolute atomic E-state index is 12.6. The summed E-state index contributed by atoms with van der Waals surface area (Å²) in [4.78, 5) is 21.0. The van der Waals surface area contributed by atoms with E-state index in [-0.39, 0.29) is 11.9 Å². The molecule has 150 valence electrons. The summed E-state index contributed by atoms with van der Waals surface area (Å²) in [6.07, 6.45) is 10.6. The zero-order valence-electron chi connectivity index (χ0n) is 16.9. The normalized spacial score (nSPS) is 20.2. The minimum Gasteiger partial charge on any atom is -0.495 e. The Morgan fingerprint density at radius 3 is 2.54 bits per heavy atom. The van der Waals surface area contributed by atoms with Crippen molar-refractivity contribution in [2.24, 2.45) is 5.92 Å².